The Bertz CT molecular complexity index is 1580. The fourth-order valence-corrected chi connectivity index (χ4v) is 12.0. The molecular formula is C37H41O9SSe+. The van der Waals surface area contributed by atoms with Gasteiger partial charge in [0.2, 0.25) is 0 Å². The Balaban J connectivity index is 1.25. The molecular weight excluding hydrogens is 699 g/mol. The van der Waals surface area contributed by atoms with Crippen LogP contribution in [0, 0.1) is 0 Å². The van der Waals surface area contributed by atoms with Crippen molar-refractivity contribution in [2.45, 2.75) is 72.6 Å². The van der Waals surface area contributed by atoms with Gasteiger partial charge in [-0.3, -0.25) is 0 Å². The van der Waals surface area contributed by atoms with E-state index in [0.717, 1.165) is 32.9 Å². The zero-order valence-electron chi connectivity index (χ0n) is 26.5. The summed E-state index contributed by atoms with van der Waals surface area (Å²) < 4.78 is 70.6. The van der Waals surface area contributed by atoms with Crippen LogP contribution < -0.4 is 0 Å². The average Bonchev–Trinajstić information content (AvgIpc) is 3.11. The molecule has 6 rings (SSSR count). The van der Waals surface area contributed by atoms with Crippen LogP contribution in [0.4, 0.5) is 0 Å². The van der Waals surface area contributed by atoms with E-state index in [-0.39, 0.29) is 24.9 Å². The van der Waals surface area contributed by atoms with E-state index in [4.69, 9.17) is 27.9 Å². The summed E-state index contributed by atoms with van der Waals surface area (Å²) in [6.07, 6.45) is -3.22. The minimum absolute atomic E-state index is 0.0480. The van der Waals surface area contributed by atoms with E-state index in [2.05, 4.69) is 0 Å². The summed E-state index contributed by atoms with van der Waals surface area (Å²) in [5, 5.41) is 2.04. The Hall–Kier alpha value is -2.93. The molecule has 9 nitrogen and oxygen atoms in total. The SMILES string of the molecule is O=S(=O)(O)OC1COC(c2ccccc2)O[C@@H]1C[Se+]1C[C@H](OCc2ccccc2)C(OCc2ccccc2)[C@H](OCc2ccccc2)C1. The second-order valence-electron chi connectivity index (χ2n) is 11.9. The van der Waals surface area contributed by atoms with E-state index in [0.29, 0.717) is 25.1 Å². The standard InChI is InChI=1S/C37H40O9SSe/c38-47(39,40)46-32-24-44-37(31-19-11-4-12-20-31)45-33(32)25-48-26-34(41-21-28-13-5-1-6-14-28)36(43-23-30-17-9-3-10-18-30)35(27-48)42-22-29-15-7-2-8-16-29/h1-20,32-37H,21-27H2/p+1/t32?,33-,34-,35+,36?,37?,48?/m1/s1. The van der Waals surface area contributed by atoms with Gasteiger partial charge in [-0.2, -0.15) is 0 Å². The fraction of sp³-hybridized carbons (Fsp3) is 0.351. The Kier molecular flexibility index (Phi) is 12.5. The molecule has 2 aliphatic heterocycles. The van der Waals surface area contributed by atoms with E-state index < -0.39 is 42.8 Å². The quantitative estimate of drug-likeness (QED) is 0.114. The van der Waals surface area contributed by atoms with Crippen LogP contribution in [0.25, 0.3) is 0 Å². The molecule has 254 valence electrons. The van der Waals surface area contributed by atoms with Gasteiger partial charge in [0.25, 0.3) is 0 Å². The molecule has 4 aromatic rings. The maximum absolute atomic E-state index is 11.8. The van der Waals surface area contributed by atoms with Crippen LogP contribution in [-0.4, -0.2) is 64.0 Å². The van der Waals surface area contributed by atoms with Gasteiger partial charge in [-0.15, -0.1) is 0 Å². The second kappa shape index (κ2) is 17.1. The first-order valence-electron chi connectivity index (χ1n) is 16.0. The number of ether oxygens (including phenoxy) is 5. The molecule has 4 aromatic carbocycles. The summed E-state index contributed by atoms with van der Waals surface area (Å²) in [5.74, 6) is 0. The van der Waals surface area contributed by atoms with Crippen LogP contribution in [-0.2, 0) is 58.1 Å². The van der Waals surface area contributed by atoms with Crippen LogP contribution in [0.2, 0.25) is 16.0 Å². The molecule has 0 aliphatic carbocycles. The third-order valence-corrected chi connectivity index (χ3v) is 13.8. The van der Waals surface area contributed by atoms with Gasteiger partial charge in [-0.05, 0) is 0 Å². The van der Waals surface area contributed by atoms with E-state index in [9.17, 15) is 13.0 Å². The van der Waals surface area contributed by atoms with E-state index in [1.165, 1.54) is 0 Å². The second-order valence-corrected chi connectivity index (χ2v) is 17.6. The summed E-state index contributed by atoms with van der Waals surface area (Å²) >= 11 is -1.62. The Labute approximate surface area is 286 Å². The molecule has 0 aromatic heterocycles. The molecule has 2 aliphatic rings. The first-order chi connectivity index (χ1) is 23.4. The summed E-state index contributed by atoms with van der Waals surface area (Å²) in [6.45, 7) is 1.20. The molecule has 0 spiro atoms. The van der Waals surface area contributed by atoms with Gasteiger partial charge >= 0.3 is 288 Å². The van der Waals surface area contributed by atoms with Crippen LogP contribution in [0.1, 0.15) is 28.5 Å². The van der Waals surface area contributed by atoms with Crippen molar-refractivity contribution >= 4 is 24.3 Å². The Morgan fingerprint density at radius 2 is 1.10 bits per heavy atom. The summed E-state index contributed by atoms with van der Waals surface area (Å²) in [4.78, 5) is 0. The molecule has 2 heterocycles. The van der Waals surface area contributed by atoms with Gasteiger partial charge < -0.3 is 0 Å². The molecule has 1 N–H and O–H groups in total. The molecule has 2 saturated heterocycles. The Morgan fingerprint density at radius 3 is 1.58 bits per heavy atom. The van der Waals surface area contributed by atoms with Crippen LogP contribution >= 0.6 is 0 Å². The first-order valence-corrected chi connectivity index (χ1v) is 21.0. The van der Waals surface area contributed by atoms with Crippen LogP contribution in [0.15, 0.2) is 121 Å². The van der Waals surface area contributed by atoms with Crippen molar-refractivity contribution in [2.75, 3.05) is 6.61 Å². The maximum atomic E-state index is 11.8. The number of hydrogen-bond acceptors (Lipinski definition) is 8. The predicted octanol–water partition coefficient (Wildman–Crippen LogP) is 6.55. The van der Waals surface area contributed by atoms with Crippen LogP contribution in [0.3, 0.4) is 0 Å². The summed E-state index contributed by atoms with van der Waals surface area (Å²) in [5.41, 5.74) is 4.00. The molecule has 11 heteroatoms. The molecule has 4 unspecified atom stereocenters. The van der Waals surface area contributed by atoms with Crippen molar-refractivity contribution in [3.8, 4) is 0 Å². The van der Waals surface area contributed by atoms with Gasteiger partial charge in [0.1, 0.15) is 0 Å². The van der Waals surface area contributed by atoms with Crippen molar-refractivity contribution in [2.24, 2.45) is 0 Å². The third-order valence-electron chi connectivity index (χ3n) is 8.27. The topological polar surface area (TPSA) is 110 Å². The van der Waals surface area contributed by atoms with Gasteiger partial charge in [-0.25, -0.2) is 0 Å². The van der Waals surface area contributed by atoms with Crippen molar-refractivity contribution in [1.82, 2.24) is 0 Å². The fourth-order valence-electron chi connectivity index (χ4n) is 5.91. The number of rotatable bonds is 14. The van der Waals surface area contributed by atoms with Crippen molar-refractivity contribution in [1.29, 1.82) is 0 Å². The molecule has 0 amide bonds. The van der Waals surface area contributed by atoms with Crippen molar-refractivity contribution in [3.63, 3.8) is 0 Å². The van der Waals surface area contributed by atoms with E-state index >= 15 is 0 Å². The predicted molar refractivity (Wildman–Crippen MR) is 182 cm³/mol. The Morgan fingerprint density at radius 1 is 0.646 bits per heavy atom. The molecule has 7 atom stereocenters. The first kappa shape index (κ1) is 34.9. The minimum atomic E-state index is -4.74. The van der Waals surface area contributed by atoms with Gasteiger partial charge in [0.15, 0.2) is 0 Å². The summed E-state index contributed by atoms with van der Waals surface area (Å²) in [6, 6.07) is 39.6. The van der Waals surface area contributed by atoms with Crippen molar-refractivity contribution in [3.05, 3.63) is 144 Å². The van der Waals surface area contributed by atoms with E-state index in [1.54, 1.807) is 0 Å². The van der Waals surface area contributed by atoms with Gasteiger partial charge in [-0.1, -0.05) is 0 Å². The number of hydrogen-bond donors (Lipinski definition) is 1. The number of benzene rings is 4. The molecule has 0 saturated carbocycles. The average molecular weight is 741 g/mol. The van der Waals surface area contributed by atoms with Crippen LogP contribution in [0.5, 0.6) is 0 Å². The van der Waals surface area contributed by atoms with Crippen molar-refractivity contribution < 1.29 is 40.8 Å². The zero-order valence-corrected chi connectivity index (χ0v) is 29.0. The van der Waals surface area contributed by atoms with E-state index in [1.807, 2.05) is 121 Å². The molecule has 0 radical (unpaired) electrons. The van der Waals surface area contributed by atoms with Gasteiger partial charge in [0.05, 0.1) is 0 Å². The van der Waals surface area contributed by atoms with Gasteiger partial charge in [0, 0.05) is 0 Å². The molecule has 48 heavy (non-hydrogen) atoms. The normalized spacial score (nSPS) is 26.2. The summed E-state index contributed by atoms with van der Waals surface area (Å²) in [7, 11) is -4.74. The third kappa shape index (κ3) is 10.3. The molecule has 0 bridgehead atoms. The molecule has 2 fully saturated rings. The monoisotopic (exact) mass is 741 g/mol. The zero-order chi connectivity index (χ0) is 33.2.